The monoisotopic (exact) mass is 366 g/mol. The number of nitrogens with one attached hydrogen (secondary N) is 1. The average molecular weight is 366 g/mol. The van der Waals surface area contributed by atoms with E-state index in [-0.39, 0.29) is 35.3 Å². The highest BCUT2D eigenvalue weighted by atomic mass is 32.2. The Balaban J connectivity index is 1.51. The van der Waals surface area contributed by atoms with Crippen LogP contribution in [0.3, 0.4) is 0 Å². The Morgan fingerprint density at radius 3 is 2.76 bits per heavy atom. The molecule has 3 rings (SSSR count). The van der Waals surface area contributed by atoms with Gasteiger partial charge in [0.15, 0.2) is 5.16 Å². The number of thioether (sulfide) groups is 1. The first-order chi connectivity index (χ1) is 11.9. The number of ether oxygens (including phenoxy) is 1. The van der Waals surface area contributed by atoms with Crippen molar-refractivity contribution in [3.63, 3.8) is 0 Å². The molecule has 1 aromatic rings. The largest absolute Gasteiger partial charge is 0.363 e. The van der Waals surface area contributed by atoms with Gasteiger partial charge in [-0.25, -0.2) is 4.98 Å². The third-order valence-electron chi connectivity index (χ3n) is 4.66. The lowest BCUT2D eigenvalue weighted by molar-refractivity contribution is -0.170. The van der Waals surface area contributed by atoms with Gasteiger partial charge in [0, 0.05) is 38.4 Å². The van der Waals surface area contributed by atoms with E-state index in [1.807, 2.05) is 4.90 Å². The highest BCUT2D eigenvalue weighted by Gasteiger charge is 2.41. The predicted molar refractivity (Wildman–Crippen MR) is 92.5 cm³/mol. The van der Waals surface area contributed by atoms with Crippen molar-refractivity contribution in [2.75, 3.05) is 39.0 Å². The summed E-state index contributed by atoms with van der Waals surface area (Å²) >= 11 is 1.24. The molecule has 0 bridgehead atoms. The van der Waals surface area contributed by atoms with E-state index in [2.05, 4.69) is 9.97 Å². The first-order valence-electron chi connectivity index (χ1n) is 8.23. The van der Waals surface area contributed by atoms with E-state index < -0.39 is 0 Å². The van der Waals surface area contributed by atoms with Crippen molar-refractivity contribution in [3.05, 3.63) is 22.1 Å². The third-order valence-corrected chi connectivity index (χ3v) is 5.52. The maximum atomic E-state index is 12.4. The number of likely N-dealkylation sites (N-methyl/N-ethyl adjacent to an activating group) is 1. The zero-order chi connectivity index (χ0) is 18.0. The smallest absolute Gasteiger partial charge is 0.251 e. The Labute approximate surface area is 149 Å². The van der Waals surface area contributed by atoms with Gasteiger partial charge in [-0.05, 0) is 19.8 Å². The predicted octanol–water partition coefficient (Wildman–Crippen LogP) is 0.0202. The zero-order valence-electron chi connectivity index (χ0n) is 14.4. The van der Waals surface area contributed by atoms with Crippen LogP contribution in [-0.2, 0) is 14.3 Å². The Hall–Kier alpha value is -1.87. The molecule has 8 nitrogen and oxygen atoms in total. The molecule has 1 N–H and O–H groups in total. The first kappa shape index (κ1) is 17.9. The maximum absolute atomic E-state index is 12.4. The summed E-state index contributed by atoms with van der Waals surface area (Å²) in [5.74, 6) is 0.253. The summed E-state index contributed by atoms with van der Waals surface area (Å²) in [5, 5.41) is 0.461. The number of likely N-dealkylation sites (tertiary alicyclic amines) is 1. The van der Waals surface area contributed by atoms with Crippen molar-refractivity contribution in [1.82, 2.24) is 19.8 Å². The van der Waals surface area contributed by atoms with Crippen LogP contribution in [0.5, 0.6) is 0 Å². The second kappa shape index (κ2) is 7.17. The Kier molecular flexibility index (Phi) is 5.14. The van der Waals surface area contributed by atoms with Gasteiger partial charge in [0.2, 0.25) is 11.8 Å². The van der Waals surface area contributed by atoms with Gasteiger partial charge in [0.05, 0.1) is 11.4 Å². The number of carbonyl (C=O) groups excluding carboxylic acids is 2. The van der Waals surface area contributed by atoms with E-state index in [9.17, 15) is 14.4 Å². The van der Waals surface area contributed by atoms with E-state index >= 15 is 0 Å². The molecule has 0 aliphatic carbocycles. The summed E-state index contributed by atoms with van der Waals surface area (Å²) in [5.41, 5.74) is 0.0952. The maximum Gasteiger partial charge on any atom is 0.251 e. The molecule has 2 amide bonds. The highest BCUT2D eigenvalue weighted by Crippen LogP contribution is 2.30. The van der Waals surface area contributed by atoms with Crippen LogP contribution in [-0.4, -0.2) is 76.2 Å². The molecule has 2 fully saturated rings. The number of morpholine rings is 1. The summed E-state index contributed by atoms with van der Waals surface area (Å²) in [6, 6.07) is 1.42. The lowest BCUT2D eigenvalue weighted by Gasteiger charge is -2.46. The fourth-order valence-corrected chi connectivity index (χ4v) is 4.02. The Morgan fingerprint density at radius 1 is 1.40 bits per heavy atom. The topological polar surface area (TPSA) is 95.6 Å². The van der Waals surface area contributed by atoms with Crippen LogP contribution in [0, 0.1) is 6.92 Å². The molecule has 2 saturated heterocycles. The van der Waals surface area contributed by atoms with Crippen LogP contribution in [0.15, 0.2) is 16.0 Å². The van der Waals surface area contributed by atoms with Gasteiger partial charge in [-0.1, -0.05) is 11.8 Å². The number of aromatic nitrogens is 2. The number of hydrogen-bond donors (Lipinski definition) is 1. The first-order valence-corrected chi connectivity index (χ1v) is 9.22. The van der Waals surface area contributed by atoms with Gasteiger partial charge in [0.25, 0.3) is 5.56 Å². The lowest BCUT2D eigenvalue weighted by Crippen LogP contribution is -2.58. The molecule has 25 heavy (non-hydrogen) atoms. The molecule has 0 atom stereocenters. The van der Waals surface area contributed by atoms with E-state index in [4.69, 9.17) is 4.74 Å². The third kappa shape index (κ3) is 4.21. The van der Waals surface area contributed by atoms with Crippen molar-refractivity contribution in [2.45, 2.75) is 30.5 Å². The van der Waals surface area contributed by atoms with Crippen LogP contribution in [0.4, 0.5) is 0 Å². The second-order valence-corrected chi connectivity index (χ2v) is 7.55. The number of hydrogen-bond acceptors (Lipinski definition) is 6. The van der Waals surface area contributed by atoms with Gasteiger partial charge in [0.1, 0.15) is 6.61 Å². The molecule has 2 aliphatic heterocycles. The van der Waals surface area contributed by atoms with Gasteiger partial charge in [-0.2, -0.15) is 0 Å². The number of nitrogens with zero attached hydrogens (tertiary/aromatic N) is 3. The zero-order valence-corrected chi connectivity index (χ0v) is 15.2. The van der Waals surface area contributed by atoms with Crippen LogP contribution in [0.25, 0.3) is 0 Å². The fraction of sp³-hybridized carbons (Fsp3) is 0.625. The molecule has 0 saturated carbocycles. The number of piperidine rings is 1. The van der Waals surface area contributed by atoms with Crippen molar-refractivity contribution in [1.29, 1.82) is 0 Å². The molecule has 0 radical (unpaired) electrons. The van der Waals surface area contributed by atoms with Crippen LogP contribution >= 0.6 is 11.8 Å². The van der Waals surface area contributed by atoms with Gasteiger partial charge >= 0.3 is 0 Å². The minimum absolute atomic E-state index is 0.000165. The van der Waals surface area contributed by atoms with Crippen molar-refractivity contribution < 1.29 is 14.3 Å². The molecule has 9 heteroatoms. The number of carbonyl (C=O) groups is 2. The number of amides is 2. The molecule has 1 aromatic heterocycles. The molecule has 0 unspecified atom stereocenters. The van der Waals surface area contributed by atoms with Crippen molar-refractivity contribution in [3.8, 4) is 0 Å². The summed E-state index contributed by atoms with van der Waals surface area (Å²) in [6.45, 7) is 3.67. The van der Waals surface area contributed by atoms with Crippen LogP contribution in [0.1, 0.15) is 18.5 Å². The number of aromatic amines is 1. The fourth-order valence-electron chi connectivity index (χ4n) is 3.20. The van der Waals surface area contributed by atoms with Crippen molar-refractivity contribution >= 4 is 23.6 Å². The summed E-state index contributed by atoms with van der Waals surface area (Å²) in [6.07, 6.45) is 1.45. The molecule has 0 aromatic carbocycles. The molecular formula is C16H22N4O4S. The minimum Gasteiger partial charge on any atom is -0.363 e. The minimum atomic E-state index is -0.323. The molecule has 1 spiro atoms. The van der Waals surface area contributed by atoms with Crippen LogP contribution < -0.4 is 5.56 Å². The molecule has 3 heterocycles. The second-order valence-electron chi connectivity index (χ2n) is 6.58. The quantitative estimate of drug-likeness (QED) is 0.599. The Morgan fingerprint density at radius 2 is 2.12 bits per heavy atom. The van der Waals surface area contributed by atoms with Gasteiger partial charge < -0.3 is 19.5 Å². The molecule has 2 aliphatic rings. The van der Waals surface area contributed by atoms with E-state index in [1.165, 1.54) is 17.8 Å². The van der Waals surface area contributed by atoms with Gasteiger partial charge in [-0.3, -0.25) is 14.4 Å². The van der Waals surface area contributed by atoms with E-state index in [1.54, 1.807) is 18.9 Å². The van der Waals surface area contributed by atoms with E-state index in [0.717, 1.165) is 12.8 Å². The average Bonchev–Trinajstić information content (AvgIpc) is 2.56. The lowest BCUT2D eigenvalue weighted by atomic mass is 9.89. The molecule has 136 valence electrons. The summed E-state index contributed by atoms with van der Waals surface area (Å²) in [7, 11) is 1.79. The highest BCUT2D eigenvalue weighted by molar-refractivity contribution is 7.99. The van der Waals surface area contributed by atoms with Gasteiger partial charge in [-0.15, -0.1) is 0 Å². The Bertz CT molecular complexity index is 727. The standard InChI is InChI=1S/C16H22N4O4S/c1-11-7-12(21)18-15(17-11)25-9-14(23)20-5-3-16(4-6-20)10-19(2)13(22)8-24-16/h7H,3-6,8-10H2,1-2H3,(H,17,18,21). The van der Waals surface area contributed by atoms with Crippen molar-refractivity contribution in [2.24, 2.45) is 0 Å². The summed E-state index contributed by atoms with van der Waals surface area (Å²) in [4.78, 5) is 45.8. The molecular weight excluding hydrogens is 344 g/mol. The number of H-pyrrole nitrogens is 1. The van der Waals surface area contributed by atoms with E-state index in [0.29, 0.717) is 30.5 Å². The summed E-state index contributed by atoms with van der Waals surface area (Å²) < 4.78 is 5.79. The number of rotatable bonds is 3. The normalized spacial score (nSPS) is 20.2. The SMILES string of the molecule is Cc1cc(=O)[nH]c(SCC(=O)N2CCC3(CC2)CN(C)C(=O)CO3)n1. The van der Waals surface area contributed by atoms with Crippen LogP contribution in [0.2, 0.25) is 0 Å². The number of aryl methyl sites for hydroxylation is 1.